The van der Waals surface area contributed by atoms with Crippen LogP contribution < -0.4 is 5.32 Å². The van der Waals surface area contributed by atoms with Crippen molar-refractivity contribution in [3.63, 3.8) is 0 Å². The number of anilines is 1. The molecule has 1 N–H and O–H groups in total. The van der Waals surface area contributed by atoms with Gasteiger partial charge in [0, 0.05) is 29.9 Å². The zero-order valence-corrected chi connectivity index (χ0v) is 15.0. The first-order valence-corrected chi connectivity index (χ1v) is 10.6. The van der Waals surface area contributed by atoms with Crippen LogP contribution in [-0.2, 0) is 14.8 Å². The summed E-state index contributed by atoms with van der Waals surface area (Å²) in [6.45, 7) is 1.43. The van der Waals surface area contributed by atoms with Gasteiger partial charge in [0.1, 0.15) is 0 Å². The summed E-state index contributed by atoms with van der Waals surface area (Å²) in [7, 11) is -3.46. The average molecular weight is 354 g/mol. The molecule has 2 atom stereocenters. The van der Waals surface area contributed by atoms with Crippen LogP contribution in [0.1, 0.15) is 32.6 Å². The molecular weight excluding hydrogens is 332 g/mol. The summed E-state index contributed by atoms with van der Waals surface area (Å²) in [6, 6.07) is 6.72. The molecule has 126 valence electrons. The lowest BCUT2D eigenvalue weighted by atomic mass is 10.1. The van der Waals surface area contributed by atoms with E-state index in [0.29, 0.717) is 15.8 Å². The van der Waals surface area contributed by atoms with Crippen LogP contribution in [0.25, 0.3) is 0 Å². The molecule has 1 amide bonds. The highest BCUT2D eigenvalue weighted by Crippen LogP contribution is 2.42. The Kier molecular flexibility index (Phi) is 4.71. The van der Waals surface area contributed by atoms with E-state index in [0.717, 1.165) is 25.7 Å². The Morgan fingerprint density at radius 3 is 2.22 bits per heavy atom. The summed E-state index contributed by atoms with van der Waals surface area (Å²) in [5.74, 6) is -0.169. The largest absolute Gasteiger partial charge is 0.326 e. The minimum atomic E-state index is -3.46. The number of nitrogens with one attached hydrogen (secondary N) is 1. The maximum absolute atomic E-state index is 13.0. The minimum absolute atomic E-state index is 0.131. The van der Waals surface area contributed by atoms with Crippen molar-refractivity contribution in [2.75, 3.05) is 11.6 Å². The molecular formula is C16H22N2O3S2. The lowest BCUT2D eigenvalue weighted by molar-refractivity contribution is -0.114. The first-order valence-electron chi connectivity index (χ1n) is 7.86. The highest BCUT2D eigenvalue weighted by molar-refractivity contribution is 7.99. The molecule has 0 aliphatic carbocycles. The van der Waals surface area contributed by atoms with Crippen molar-refractivity contribution in [2.24, 2.45) is 0 Å². The number of benzene rings is 1. The lowest BCUT2D eigenvalue weighted by Crippen LogP contribution is -2.47. The predicted molar refractivity (Wildman–Crippen MR) is 93.1 cm³/mol. The van der Waals surface area contributed by atoms with Gasteiger partial charge in [0.15, 0.2) is 0 Å². The van der Waals surface area contributed by atoms with Gasteiger partial charge in [-0.15, -0.1) is 0 Å². The SMILES string of the molecule is CSC1CC2CCC(C1)N2S(=O)(=O)c1ccc(NC(C)=O)cc1. The van der Waals surface area contributed by atoms with Crippen LogP contribution in [0, 0.1) is 0 Å². The first kappa shape index (κ1) is 16.8. The molecule has 3 rings (SSSR count). The standard InChI is InChI=1S/C16H22N2O3S2/c1-11(19)17-12-3-7-16(8-4-12)23(20,21)18-13-5-6-14(18)10-15(9-13)22-2/h3-4,7-8,13-15H,5-6,9-10H2,1-2H3,(H,17,19). The van der Waals surface area contributed by atoms with Crippen LogP contribution in [-0.4, -0.2) is 42.2 Å². The molecule has 7 heteroatoms. The van der Waals surface area contributed by atoms with Crippen molar-refractivity contribution < 1.29 is 13.2 Å². The third-order valence-electron chi connectivity index (χ3n) is 4.71. The number of piperidine rings is 1. The number of hydrogen-bond acceptors (Lipinski definition) is 4. The third kappa shape index (κ3) is 3.27. The Balaban J connectivity index is 1.83. The van der Waals surface area contributed by atoms with Gasteiger partial charge in [-0.1, -0.05) is 0 Å². The summed E-state index contributed by atoms with van der Waals surface area (Å²) in [6.07, 6.45) is 5.92. The highest BCUT2D eigenvalue weighted by Gasteiger charge is 2.46. The molecule has 2 aliphatic heterocycles. The second-order valence-corrected chi connectivity index (χ2v) is 9.24. The molecule has 0 spiro atoms. The maximum Gasteiger partial charge on any atom is 0.243 e. The molecule has 2 fully saturated rings. The fraction of sp³-hybridized carbons (Fsp3) is 0.562. The third-order valence-corrected chi connectivity index (χ3v) is 7.78. The van der Waals surface area contributed by atoms with Gasteiger partial charge < -0.3 is 5.32 Å². The first-order chi connectivity index (χ1) is 10.9. The molecule has 5 nitrogen and oxygen atoms in total. The summed E-state index contributed by atoms with van der Waals surface area (Å²) >= 11 is 1.85. The molecule has 0 aromatic heterocycles. The average Bonchev–Trinajstić information content (AvgIpc) is 2.79. The normalized spacial score (nSPS) is 27.8. The van der Waals surface area contributed by atoms with Gasteiger partial charge in [-0.25, -0.2) is 8.42 Å². The Bertz CT molecular complexity index is 674. The predicted octanol–water partition coefficient (Wildman–Crippen LogP) is 2.69. The van der Waals surface area contributed by atoms with Crippen LogP contribution in [0.5, 0.6) is 0 Å². The number of hydrogen-bond donors (Lipinski definition) is 1. The monoisotopic (exact) mass is 354 g/mol. The summed E-state index contributed by atoms with van der Waals surface area (Å²) in [5.41, 5.74) is 0.612. The molecule has 0 saturated carbocycles. The van der Waals surface area contributed by atoms with E-state index in [9.17, 15) is 13.2 Å². The van der Waals surface area contributed by atoms with Crippen LogP contribution in [0.15, 0.2) is 29.2 Å². The number of amides is 1. The maximum atomic E-state index is 13.0. The molecule has 2 unspecified atom stereocenters. The Labute approximate surface area is 141 Å². The number of fused-ring (bicyclic) bond motifs is 2. The molecule has 0 radical (unpaired) electrons. The zero-order chi connectivity index (χ0) is 16.6. The molecule has 23 heavy (non-hydrogen) atoms. The molecule has 2 saturated heterocycles. The van der Waals surface area contributed by atoms with E-state index in [1.165, 1.54) is 6.92 Å². The van der Waals surface area contributed by atoms with Gasteiger partial charge >= 0.3 is 0 Å². The lowest BCUT2D eigenvalue weighted by Gasteiger charge is -2.37. The van der Waals surface area contributed by atoms with E-state index < -0.39 is 10.0 Å². The zero-order valence-electron chi connectivity index (χ0n) is 13.4. The Morgan fingerprint density at radius 1 is 1.17 bits per heavy atom. The van der Waals surface area contributed by atoms with E-state index in [1.807, 2.05) is 11.8 Å². The van der Waals surface area contributed by atoms with E-state index >= 15 is 0 Å². The number of sulfonamides is 1. The second-order valence-electron chi connectivity index (χ2n) is 6.25. The Hall–Kier alpha value is -1.05. The van der Waals surface area contributed by atoms with Gasteiger partial charge in [-0.05, 0) is 56.2 Å². The van der Waals surface area contributed by atoms with Crippen LogP contribution in [0.2, 0.25) is 0 Å². The van der Waals surface area contributed by atoms with E-state index in [2.05, 4.69) is 11.6 Å². The molecule has 2 aliphatic rings. The van der Waals surface area contributed by atoms with Crippen molar-refractivity contribution in [1.29, 1.82) is 0 Å². The summed E-state index contributed by atoms with van der Waals surface area (Å²) in [4.78, 5) is 11.4. The Morgan fingerprint density at radius 2 is 1.74 bits per heavy atom. The number of rotatable bonds is 4. The number of carbonyl (C=O) groups is 1. The van der Waals surface area contributed by atoms with Crippen LogP contribution >= 0.6 is 11.8 Å². The molecule has 2 bridgehead atoms. The van der Waals surface area contributed by atoms with Gasteiger partial charge in [-0.3, -0.25) is 4.79 Å². The summed E-state index contributed by atoms with van der Waals surface area (Å²) < 4.78 is 27.8. The van der Waals surface area contributed by atoms with Gasteiger partial charge in [0.2, 0.25) is 15.9 Å². The molecule has 1 aromatic rings. The van der Waals surface area contributed by atoms with E-state index in [1.54, 1.807) is 28.6 Å². The smallest absolute Gasteiger partial charge is 0.243 e. The summed E-state index contributed by atoms with van der Waals surface area (Å²) in [5, 5.41) is 3.23. The second kappa shape index (κ2) is 6.45. The quantitative estimate of drug-likeness (QED) is 0.903. The molecule has 2 heterocycles. The highest BCUT2D eigenvalue weighted by atomic mass is 32.2. The fourth-order valence-corrected chi connectivity index (χ4v) is 6.42. The fourth-order valence-electron chi connectivity index (χ4n) is 3.70. The van der Waals surface area contributed by atoms with Gasteiger partial charge in [0.25, 0.3) is 0 Å². The molecule has 1 aromatic carbocycles. The van der Waals surface area contributed by atoms with Crippen molar-refractivity contribution in [2.45, 2.75) is 54.8 Å². The number of thioether (sulfide) groups is 1. The van der Waals surface area contributed by atoms with Gasteiger partial charge in [-0.2, -0.15) is 16.1 Å². The van der Waals surface area contributed by atoms with Crippen molar-refractivity contribution in [3.8, 4) is 0 Å². The minimum Gasteiger partial charge on any atom is -0.326 e. The van der Waals surface area contributed by atoms with Crippen LogP contribution in [0.3, 0.4) is 0 Å². The number of carbonyl (C=O) groups excluding carboxylic acids is 1. The van der Waals surface area contributed by atoms with Crippen molar-refractivity contribution in [1.82, 2.24) is 4.31 Å². The van der Waals surface area contributed by atoms with Gasteiger partial charge in [0.05, 0.1) is 4.90 Å². The number of nitrogens with zero attached hydrogens (tertiary/aromatic N) is 1. The topological polar surface area (TPSA) is 66.5 Å². The van der Waals surface area contributed by atoms with E-state index in [4.69, 9.17) is 0 Å². The van der Waals surface area contributed by atoms with Crippen molar-refractivity contribution in [3.05, 3.63) is 24.3 Å². The van der Waals surface area contributed by atoms with Crippen molar-refractivity contribution >= 4 is 33.4 Å². The van der Waals surface area contributed by atoms with Crippen LogP contribution in [0.4, 0.5) is 5.69 Å². The van der Waals surface area contributed by atoms with E-state index in [-0.39, 0.29) is 18.0 Å².